The fourth-order valence-corrected chi connectivity index (χ4v) is 4.80. The lowest BCUT2D eigenvalue weighted by atomic mass is 10.1. The van der Waals surface area contributed by atoms with Crippen LogP contribution in [0.3, 0.4) is 0 Å². The summed E-state index contributed by atoms with van der Waals surface area (Å²) < 4.78 is 5.38. The molecule has 0 saturated carbocycles. The summed E-state index contributed by atoms with van der Waals surface area (Å²) in [6.07, 6.45) is 5.92. The van der Waals surface area contributed by atoms with Crippen molar-refractivity contribution in [2.75, 3.05) is 32.4 Å². The van der Waals surface area contributed by atoms with Gasteiger partial charge in [0.15, 0.2) is 5.78 Å². The van der Waals surface area contributed by atoms with Gasteiger partial charge in [-0.3, -0.25) is 19.4 Å². The van der Waals surface area contributed by atoms with Gasteiger partial charge in [0.1, 0.15) is 0 Å². The number of nitrogens with one attached hydrogen (secondary N) is 1. The van der Waals surface area contributed by atoms with Gasteiger partial charge in [-0.05, 0) is 68.3 Å². The molecule has 2 N–H and O–H groups in total. The number of benzene rings is 1. The number of carbonyl (C=O) groups excluding carboxylic acids is 1. The highest BCUT2D eigenvalue weighted by Crippen LogP contribution is 2.30. The first-order valence-corrected chi connectivity index (χ1v) is 12.7. The van der Waals surface area contributed by atoms with Crippen molar-refractivity contribution < 1.29 is 9.90 Å². The van der Waals surface area contributed by atoms with E-state index in [4.69, 9.17) is 26.5 Å². The molecule has 0 radical (unpaired) electrons. The maximum atomic E-state index is 13.4. The number of pyridine rings is 1. The number of aliphatic hydroxyl groups is 1. The number of fused-ring (bicyclic) bond motifs is 1. The number of Topliss-reactive ketones (excluding diaryl/α,β-unsaturated/α-hetero) is 1. The second-order valence-electron chi connectivity index (χ2n) is 8.26. The number of nitrogens with zero attached hydrogens (tertiary/aromatic N) is 3. The Kier molecular flexibility index (Phi) is 9.61. The predicted octanol–water partition coefficient (Wildman–Crippen LogP) is 4.10. The quantitative estimate of drug-likeness (QED) is 0.268. The first kappa shape index (κ1) is 26.3. The van der Waals surface area contributed by atoms with Gasteiger partial charge in [0.05, 0.1) is 29.2 Å². The van der Waals surface area contributed by atoms with Gasteiger partial charge in [0, 0.05) is 52.2 Å². The van der Waals surface area contributed by atoms with Gasteiger partial charge in [-0.15, -0.1) is 0 Å². The summed E-state index contributed by atoms with van der Waals surface area (Å²) in [4.78, 5) is 34.3. The Balaban J connectivity index is 0.00000158. The van der Waals surface area contributed by atoms with Crippen LogP contribution < -0.4 is 4.72 Å². The summed E-state index contributed by atoms with van der Waals surface area (Å²) in [5.74, 6) is 0.0703. The molecule has 0 bridgehead atoms. The summed E-state index contributed by atoms with van der Waals surface area (Å²) >= 11 is 7.72. The Morgan fingerprint density at radius 3 is 2.56 bits per heavy atom. The molecule has 3 aromatic rings. The lowest BCUT2D eigenvalue weighted by molar-refractivity contribution is 0.0711. The first-order valence-electron chi connectivity index (χ1n) is 11.1. The fourth-order valence-electron chi connectivity index (χ4n) is 4.37. The molecule has 8 nitrogen and oxygen atoms in total. The van der Waals surface area contributed by atoms with Gasteiger partial charge in [0.25, 0.3) is 0 Å². The van der Waals surface area contributed by atoms with Crippen LogP contribution in [-0.4, -0.2) is 63.9 Å². The topological polar surface area (TPSA) is 105 Å². The summed E-state index contributed by atoms with van der Waals surface area (Å²) in [6, 6.07) is 9.80. The average molecular weight is 505 g/mol. The molecule has 10 heteroatoms. The van der Waals surface area contributed by atoms with E-state index in [2.05, 4.69) is 20.3 Å². The van der Waals surface area contributed by atoms with Gasteiger partial charge in [0.2, 0.25) is 0 Å². The number of hydrogen-bond donors (Lipinski definition) is 2. The monoisotopic (exact) mass is 504 g/mol. The molecule has 1 saturated heterocycles. The van der Waals surface area contributed by atoms with Crippen LogP contribution in [0.15, 0.2) is 36.5 Å². The number of rotatable bonds is 8. The number of halogens is 1. The first-order chi connectivity index (χ1) is 16.5. The Morgan fingerprint density at radius 2 is 1.91 bits per heavy atom. The highest BCUT2D eigenvalue weighted by Gasteiger charge is 2.25. The fraction of sp³-hybridized carbons (Fsp3) is 0.417. The van der Waals surface area contributed by atoms with Gasteiger partial charge >= 0.3 is 0 Å². The highest BCUT2D eigenvalue weighted by molar-refractivity contribution is 7.96. The van der Waals surface area contributed by atoms with Crippen molar-refractivity contribution in [1.82, 2.24) is 19.2 Å². The van der Waals surface area contributed by atoms with E-state index in [-0.39, 0.29) is 11.9 Å². The molecule has 3 heterocycles. The third kappa shape index (κ3) is 6.03. The lowest BCUT2D eigenvalue weighted by Crippen LogP contribution is -2.39. The summed E-state index contributed by atoms with van der Waals surface area (Å²) in [6.45, 7) is 4.65. The van der Waals surface area contributed by atoms with Gasteiger partial charge in [-0.1, -0.05) is 23.5 Å². The predicted molar refractivity (Wildman–Crippen MR) is 139 cm³/mol. The third-order valence-corrected chi connectivity index (χ3v) is 6.79. The van der Waals surface area contributed by atoms with Crippen LogP contribution in [0, 0.1) is 16.9 Å². The third-order valence-electron chi connectivity index (χ3n) is 6.05. The number of hydrogen-bond acceptors (Lipinski definition) is 8. The van der Waals surface area contributed by atoms with Crippen molar-refractivity contribution in [3.05, 3.63) is 68.3 Å². The molecule has 0 amide bonds. The maximum absolute atomic E-state index is 13.4. The Morgan fingerprint density at radius 1 is 1.24 bits per heavy atom. The SMILES string of the molecule is CSNCCc1cnc2c(C(=O)CN3CCC(O)CC3)c(C)n(-c3ccc(Cl)cc3)c2c1.O=O. The van der Waals surface area contributed by atoms with Crippen molar-refractivity contribution >= 4 is 40.4 Å². The molecule has 4 rings (SSSR count). The Bertz CT molecular complexity index is 1110. The van der Waals surface area contributed by atoms with E-state index in [1.807, 2.05) is 43.6 Å². The number of likely N-dealkylation sites (tertiary alicyclic amines) is 1. The summed E-state index contributed by atoms with van der Waals surface area (Å²) in [5, 5.41) is 10.5. The van der Waals surface area contributed by atoms with Crippen molar-refractivity contribution in [3.63, 3.8) is 0 Å². The molecule has 0 spiro atoms. The minimum Gasteiger partial charge on any atom is -0.393 e. The molecule has 1 fully saturated rings. The van der Waals surface area contributed by atoms with Crippen LogP contribution >= 0.6 is 23.5 Å². The zero-order valence-corrected chi connectivity index (χ0v) is 20.9. The average Bonchev–Trinajstić information content (AvgIpc) is 3.14. The standard InChI is InChI=1S/C24H29ClN4O2S.O2/c1-16-23(22(31)15-28-11-8-20(30)9-12-28)24-21(13-17(14-26-24)7-10-27-32-2)29(16)19-5-3-18(25)4-6-19;1-2/h3-6,13-14,20,27,30H,7-12,15H2,1-2H3;. The van der Waals surface area contributed by atoms with Crippen LogP contribution in [0.4, 0.5) is 0 Å². The van der Waals surface area contributed by atoms with Crippen molar-refractivity contribution in [3.8, 4) is 5.69 Å². The zero-order valence-electron chi connectivity index (χ0n) is 19.3. The normalized spacial score (nSPS) is 14.7. The Labute approximate surface area is 208 Å². The largest absolute Gasteiger partial charge is 0.393 e. The molecular weight excluding hydrogens is 476 g/mol. The molecule has 0 unspecified atom stereocenters. The highest BCUT2D eigenvalue weighted by atomic mass is 35.5. The molecular formula is C24H29ClN4O4S. The van der Waals surface area contributed by atoms with Crippen LogP contribution in [0.1, 0.15) is 34.5 Å². The van der Waals surface area contributed by atoms with Crippen LogP contribution in [-0.2, 0) is 6.42 Å². The van der Waals surface area contributed by atoms with E-state index >= 15 is 0 Å². The van der Waals surface area contributed by atoms with E-state index < -0.39 is 0 Å². The summed E-state index contributed by atoms with van der Waals surface area (Å²) in [5.41, 5.74) is 5.31. The van der Waals surface area contributed by atoms with Gasteiger partial charge in [-0.25, -0.2) is 0 Å². The minimum atomic E-state index is -0.254. The number of aliphatic hydroxyl groups excluding tert-OH is 1. The molecule has 1 aliphatic rings. The molecule has 34 heavy (non-hydrogen) atoms. The summed E-state index contributed by atoms with van der Waals surface area (Å²) in [7, 11) is 0. The number of ketones is 1. The Hall–Kier alpha value is -2.30. The second-order valence-corrected chi connectivity index (χ2v) is 9.40. The number of piperidine rings is 1. The molecule has 1 aromatic carbocycles. The van der Waals surface area contributed by atoms with E-state index in [0.717, 1.165) is 54.0 Å². The van der Waals surface area contributed by atoms with Gasteiger partial charge in [-0.2, -0.15) is 0 Å². The maximum Gasteiger partial charge on any atom is 0.180 e. The lowest BCUT2D eigenvalue weighted by Gasteiger charge is -2.28. The van der Waals surface area contributed by atoms with Crippen molar-refractivity contribution in [1.29, 1.82) is 0 Å². The second kappa shape index (κ2) is 12.4. The van der Waals surface area contributed by atoms with Crippen LogP contribution in [0.2, 0.25) is 5.02 Å². The van der Waals surface area contributed by atoms with E-state index in [1.165, 1.54) is 0 Å². The van der Waals surface area contributed by atoms with E-state index in [0.29, 0.717) is 30.0 Å². The van der Waals surface area contributed by atoms with Crippen LogP contribution in [0.5, 0.6) is 0 Å². The van der Waals surface area contributed by atoms with Crippen molar-refractivity contribution in [2.24, 2.45) is 0 Å². The smallest absolute Gasteiger partial charge is 0.180 e. The molecule has 1 aliphatic heterocycles. The van der Waals surface area contributed by atoms with Crippen molar-refractivity contribution in [2.45, 2.75) is 32.3 Å². The van der Waals surface area contributed by atoms with E-state index in [9.17, 15) is 9.90 Å². The number of aromatic nitrogens is 2. The zero-order chi connectivity index (χ0) is 24.7. The van der Waals surface area contributed by atoms with Crippen LogP contribution in [0.25, 0.3) is 16.7 Å². The van der Waals surface area contributed by atoms with Gasteiger partial charge < -0.3 is 9.67 Å². The minimum absolute atomic E-state index is 0.0703. The molecule has 0 atom stereocenters. The van der Waals surface area contributed by atoms with E-state index in [1.54, 1.807) is 11.9 Å². The molecule has 2 aromatic heterocycles. The molecule has 0 aliphatic carbocycles. The number of carbonyl (C=O) groups is 1. The molecule has 182 valence electrons.